The fourth-order valence-corrected chi connectivity index (χ4v) is 1.87. The van der Waals surface area contributed by atoms with E-state index in [-0.39, 0.29) is 17.9 Å². The summed E-state index contributed by atoms with van der Waals surface area (Å²) in [7, 11) is 0. The highest BCUT2D eigenvalue weighted by molar-refractivity contribution is 5.36. The van der Waals surface area contributed by atoms with Crippen LogP contribution in [0.15, 0.2) is 48.5 Å². The van der Waals surface area contributed by atoms with Crippen molar-refractivity contribution in [3.05, 3.63) is 103 Å². The lowest BCUT2D eigenvalue weighted by Crippen LogP contribution is -2.10. The molecule has 0 amide bonds. The lowest BCUT2D eigenvalue weighted by Gasteiger charge is -2.10. The zero-order chi connectivity index (χ0) is 19.7. The van der Waals surface area contributed by atoms with E-state index in [4.69, 9.17) is 13.1 Å². The Labute approximate surface area is 150 Å². The van der Waals surface area contributed by atoms with Crippen molar-refractivity contribution < 1.29 is 9.85 Å². The topological polar surface area (TPSA) is 95.0 Å². The van der Waals surface area contributed by atoms with Crippen LogP contribution in [0.4, 0.5) is 11.4 Å². The maximum absolute atomic E-state index is 10.4. The summed E-state index contributed by atoms with van der Waals surface area (Å²) < 4.78 is 0. The van der Waals surface area contributed by atoms with E-state index >= 15 is 0 Å². The lowest BCUT2D eigenvalue weighted by atomic mass is 9.95. The van der Waals surface area contributed by atoms with Crippen LogP contribution in [-0.4, -0.2) is 9.85 Å². The molecular formula is C18H16N4O4. The average molecular weight is 352 g/mol. The zero-order valence-corrected chi connectivity index (χ0v) is 14.2. The normalized spacial score (nSPS) is 9.85. The molecule has 0 spiro atoms. The summed E-state index contributed by atoms with van der Waals surface area (Å²) >= 11 is 0. The van der Waals surface area contributed by atoms with Crippen LogP contribution in [0.1, 0.15) is 25.0 Å². The minimum absolute atomic E-state index is 0.0505. The maximum atomic E-state index is 10.4. The fraction of sp³-hybridized carbons (Fsp3) is 0.222. The van der Waals surface area contributed by atoms with Crippen LogP contribution in [0.25, 0.3) is 9.69 Å². The minimum atomic E-state index is -0.616. The van der Waals surface area contributed by atoms with Crippen molar-refractivity contribution in [3.63, 3.8) is 0 Å². The van der Waals surface area contributed by atoms with E-state index < -0.39 is 15.4 Å². The predicted octanol–water partition coefficient (Wildman–Crippen LogP) is 4.76. The lowest BCUT2D eigenvalue weighted by molar-refractivity contribution is -0.385. The van der Waals surface area contributed by atoms with Crippen molar-refractivity contribution in [2.45, 2.75) is 25.9 Å². The van der Waals surface area contributed by atoms with E-state index in [0.29, 0.717) is 0 Å². The van der Waals surface area contributed by atoms with Crippen LogP contribution in [-0.2, 0) is 12.1 Å². The number of nitro groups is 2. The van der Waals surface area contributed by atoms with Crippen molar-refractivity contribution >= 4 is 11.4 Å². The molecule has 2 aromatic rings. The number of nitrogens with zero attached hydrogens (tertiary/aromatic N) is 4. The summed E-state index contributed by atoms with van der Waals surface area (Å²) in [5.41, 5.74) is 1.08. The fourth-order valence-electron chi connectivity index (χ4n) is 1.87. The Hall–Kier alpha value is -3.78. The predicted molar refractivity (Wildman–Crippen MR) is 96.1 cm³/mol. The highest BCUT2D eigenvalue weighted by Crippen LogP contribution is 2.26. The van der Waals surface area contributed by atoms with Crippen LogP contribution in [0.5, 0.6) is 0 Å². The molecule has 2 aromatic carbocycles. The van der Waals surface area contributed by atoms with Gasteiger partial charge in [0.25, 0.3) is 16.9 Å². The smallest absolute Gasteiger partial charge is 0.269 e. The van der Waals surface area contributed by atoms with E-state index in [0.717, 1.165) is 11.1 Å². The van der Waals surface area contributed by atoms with Gasteiger partial charge in [0.05, 0.1) is 9.85 Å². The minimum Gasteiger partial charge on any atom is -0.312 e. The maximum Gasteiger partial charge on any atom is 0.269 e. The van der Waals surface area contributed by atoms with Gasteiger partial charge in [0.15, 0.2) is 0 Å². The first-order chi connectivity index (χ1) is 12.2. The molecule has 0 saturated heterocycles. The molecule has 0 aromatic heterocycles. The number of nitro benzene ring substituents is 2. The molecule has 0 radical (unpaired) electrons. The molecule has 0 heterocycles. The van der Waals surface area contributed by atoms with Gasteiger partial charge in [-0.2, -0.15) is 0 Å². The number of rotatable bonds is 4. The molecule has 132 valence electrons. The summed E-state index contributed by atoms with van der Waals surface area (Å²) in [5, 5.41) is 20.6. The van der Waals surface area contributed by atoms with Crippen molar-refractivity contribution in [3.8, 4) is 0 Å². The highest BCUT2D eigenvalue weighted by Gasteiger charge is 2.26. The Kier molecular flexibility index (Phi) is 6.94. The second-order valence-electron chi connectivity index (χ2n) is 5.71. The Bertz CT molecular complexity index is 860. The molecule has 8 heteroatoms. The van der Waals surface area contributed by atoms with Gasteiger partial charge < -0.3 is 9.69 Å². The Morgan fingerprint density at radius 1 is 0.885 bits per heavy atom. The SMILES string of the molecule is [C-]#[N+]C(C)(C)c1ccc([N+](=O)[O-])cc1.[C-]#[N+]Cc1ccc([N+](=O)[O-])cc1. The Morgan fingerprint density at radius 3 is 1.65 bits per heavy atom. The molecule has 2 rings (SSSR count). The third-order valence-electron chi connectivity index (χ3n) is 3.47. The first-order valence-electron chi connectivity index (χ1n) is 7.41. The van der Waals surface area contributed by atoms with E-state index in [9.17, 15) is 20.2 Å². The number of non-ortho nitro benzene ring substituents is 2. The van der Waals surface area contributed by atoms with Crippen LogP contribution < -0.4 is 0 Å². The van der Waals surface area contributed by atoms with Crippen LogP contribution in [0.2, 0.25) is 0 Å². The first-order valence-corrected chi connectivity index (χ1v) is 7.41. The molecule has 0 saturated carbocycles. The largest absolute Gasteiger partial charge is 0.312 e. The van der Waals surface area contributed by atoms with Gasteiger partial charge in [-0.1, -0.05) is 0 Å². The summed E-state index contributed by atoms with van der Waals surface area (Å²) in [6.07, 6.45) is 0. The average Bonchev–Trinajstić information content (AvgIpc) is 2.63. The molecule has 0 bridgehead atoms. The molecule has 26 heavy (non-hydrogen) atoms. The third-order valence-corrected chi connectivity index (χ3v) is 3.47. The highest BCUT2D eigenvalue weighted by atomic mass is 16.6. The van der Waals surface area contributed by atoms with Gasteiger partial charge in [-0.05, 0) is 24.3 Å². The third kappa shape index (κ3) is 5.69. The molecule has 0 aliphatic heterocycles. The van der Waals surface area contributed by atoms with Gasteiger partial charge in [-0.3, -0.25) is 20.2 Å². The van der Waals surface area contributed by atoms with Gasteiger partial charge in [0.1, 0.15) is 0 Å². The van der Waals surface area contributed by atoms with Gasteiger partial charge in [-0.25, -0.2) is 13.1 Å². The Morgan fingerprint density at radius 2 is 1.31 bits per heavy atom. The Balaban J connectivity index is 0.000000263. The van der Waals surface area contributed by atoms with Gasteiger partial charge in [0, 0.05) is 49.2 Å². The van der Waals surface area contributed by atoms with E-state index in [1.165, 1.54) is 24.3 Å². The van der Waals surface area contributed by atoms with Gasteiger partial charge in [0.2, 0.25) is 6.54 Å². The van der Waals surface area contributed by atoms with E-state index in [2.05, 4.69) is 9.69 Å². The van der Waals surface area contributed by atoms with Crippen LogP contribution >= 0.6 is 0 Å². The van der Waals surface area contributed by atoms with Crippen molar-refractivity contribution in [2.24, 2.45) is 0 Å². The standard InChI is InChI=1S/C10H10N2O2.C8H6N2O2/c1-10(2,11-3)8-4-6-9(7-5-8)12(13)14;1-9-6-7-2-4-8(5-3-7)10(11)12/h4-7H,1-2H3;2-5H,6H2. The van der Waals surface area contributed by atoms with E-state index in [1.807, 2.05) is 0 Å². The molecule has 0 aliphatic carbocycles. The van der Waals surface area contributed by atoms with Crippen molar-refractivity contribution in [1.82, 2.24) is 0 Å². The second kappa shape index (κ2) is 8.90. The van der Waals surface area contributed by atoms with Crippen LogP contribution in [0, 0.1) is 33.4 Å². The van der Waals surface area contributed by atoms with Crippen molar-refractivity contribution in [2.75, 3.05) is 0 Å². The van der Waals surface area contributed by atoms with Gasteiger partial charge >= 0.3 is 0 Å². The van der Waals surface area contributed by atoms with E-state index in [1.54, 1.807) is 38.1 Å². The molecule has 0 fully saturated rings. The summed E-state index contributed by atoms with van der Waals surface area (Å²) in [6, 6.07) is 12.1. The molecule has 8 nitrogen and oxygen atoms in total. The monoisotopic (exact) mass is 352 g/mol. The molecule has 0 atom stereocenters. The summed E-state index contributed by atoms with van der Waals surface area (Å²) in [5.74, 6) is 0. The first kappa shape index (κ1) is 20.3. The molecular weight excluding hydrogens is 336 g/mol. The number of benzene rings is 2. The quantitative estimate of drug-likeness (QED) is 0.450. The second-order valence-corrected chi connectivity index (χ2v) is 5.71. The van der Waals surface area contributed by atoms with Crippen molar-refractivity contribution in [1.29, 1.82) is 0 Å². The number of hydrogen-bond acceptors (Lipinski definition) is 4. The van der Waals surface area contributed by atoms with Crippen LogP contribution in [0.3, 0.4) is 0 Å². The molecule has 0 aliphatic rings. The summed E-state index contributed by atoms with van der Waals surface area (Å²) in [4.78, 5) is 26.3. The van der Waals surface area contributed by atoms with Gasteiger partial charge in [-0.15, -0.1) is 0 Å². The summed E-state index contributed by atoms with van der Waals surface area (Å²) in [6.45, 7) is 17.4. The molecule has 0 unspecified atom stereocenters. The molecule has 0 N–H and O–H groups in total. The zero-order valence-electron chi connectivity index (χ0n) is 14.2. The number of hydrogen-bond donors (Lipinski definition) is 0.